The first-order chi connectivity index (χ1) is 14.3. The van der Waals surface area contributed by atoms with Crippen molar-refractivity contribution in [2.45, 2.75) is 38.5 Å². The van der Waals surface area contributed by atoms with Gasteiger partial charge in [0.05, 0.1) is 11.0 Å². The second-order valence-corrected chi connectivity index (χ2v) is 7.94. The summed E-state index contributed by atoms with van der Waals surface area (Å²) in [6, 6.07) is 3.96. The van der Waals surface area contributed by atoms with E-state index in [1.54, 1.807) is 18.4 Å². The summed E-state index contributed by atoms with van der Waals surface area (Å²) in [5.41, 5.74) is 4.71. The predicted molar refractivity (Wildman–Crippen MR) is 106 cm³/mol. The van der Waals surface area contributed by atoms with Crippen LogP contribution >= 0.6 is 11.3 Å². The number of hydrogen-bond acceptors (Lipinski definition) is 4. The number of ether oxygens (including phenoxy) is 1. The lowest BCUT2D eigenvalue weighted by atomic mass is 9.97. The second-order valence-electron chi connectivity index (χ2n) is 7.02. The minimum atomic E-state index is -5.73. The molecule has 2 amide bonds. The lowest BCUT2D eigenvalue weighted by Crippen LogP contribution is -2.33. The van der Waals surface area contributed by atoms with Crippen LogP contribution in [0.3, 0.4) is 0 Å². The van der Waals surface area contributed by atoms with Crippen molar-refractivity contribution in [3.05, 3.63) is 51.2 Å². The average molecular weight is 464 g/mol. The maximum absolute atomic E-state index is 13.5. The molecular formula is C20H21F5N2O3S. The standard InChI is InChI=1S/C20H21F5N2O3S/c1-10-8-12(19(21,22)20(23,24)25)4-5-14(10)27-18(29)16-13(6-7-31-16)15(30-3)9-11(2)17(26)28/h4-8,11,15H,9H2,1-3H3,(H2,26,28)(H,27,29). The third-order valence-corrected chi connectivity index (χ3v) is 5.71. The number of anilines is 1. The van der Waals surface area contributed by atoms with Crippen molar-refractivity contribution in [1.82, 2.24) is 0 Å². The van der Waals surface area contributed by atoms with E-state index in [0.29, 0.717) is 17.7 Å². The van der Waals surface area contributed by atoms with Crippen molar-refractivity contribution in [3.8, 4) is 0 Å². The van der Waals surface area contributed by atoms with Crippen molar-refractivity contribution in [2.75, 3.05) is 12.4 Å². The van der Waals surface area contributed by atoms with Gasteiger partial charge in [-0.15, -0.1) is 11.3 Å². The van der Waals surface area contributed by atoms with E-state index in [1.807, 2.05) is 0 Å². The lowest BCUT2D eigenvalue weighted by Gasteiger charge is -2.21. The van der Waals surface area contributed by atoms with Crippen LogP contribution in [0.15, 0.2) is 29.6 Å². The molecule has 0 bridgehead atoms. The van der Waals surface area contributed by atoms with E-state index < -0.39 is 41.5 Å². The quantitative estimate of drug-likeness (QED) is 0.530. The first-order valence-electron chi connectivity index (χ1n) is 9.06. The number of primary amides is 1. The van der Waals surface area contributed by atoms with Crippen LogP contribution in [0.2, 0.25) is 0 Å². The molecule has 170 valence electrons. The molecule has 2 atom stereocenters. The Morgan fingerprint density at radius 2 is 1.84 bits per heavy atom. The van der Waals surface area contributed by atoms with Crippen LogP contribution in [0.25, 0.3) is 0 Å². The fourth-order valence-corrected chi connectivity index (χ4v) is 3.73. The maximum Gasteiger partial charge on any atom is 0.458 e. The summed E-state index contributed by atoms with van der Waals surface area (Å²) in [5.74, 6) is -6.62. The predicted octanol–water partition coefficient (Wildman–Crippen LogP) is 5.16. The number of carbonyl (C=O) groups is 2. The van der Waals surface area contributed by atoms with Gasteiger partial charge in [0.15, 0.2) is 0 Å². The molecule has 5 nitrogen and oxygen atoms in total. The Bertz CT molecular complexity index is 959. The summed E-state index contributed by atoms with van der Waals surface area (Å²) < 4.78 is 70.2. The van der Waals surface area contributed by atoms with Crippen molar-refractivity contribution in [2.24, 2.45) is 11.7 Å². The summed E-state index contributed by atoms with van der Waals surface area (Å²) in [7, 11) is 1.42. The van der Waals surface area contributed by atoms with Gasteiger partial charge in [-0.25, -0.2) is 0 Å². The number of nitrogens with one attached hydrogen (secondary N) is 1. The molecule has 1 heterocycles. The zero-order valence-electron chi connectivity index (χ0n) is 16.8. The van der Waals surface area contributed by atoms with Crippen LogP contribution in [0, 0.1) is 12.8 Å². The Balaban J connectivity index is 2.26. The highest BCUT2D eigenvalue weighted by Gasteiger charge is 2.58. The van der Waals surface area contributed by atoms with Crippen LogP contribution < -0.4 is 11.1 Å². The normalized spacial score (nSPS) is 14.2. The minimum Gasteiger partial charge on any atom is -0.377 e. The number of aryl methyl sites for hydroxylation is 1. The third-order valence-electron chi connectivity index (χ3n) is 4.78. The lowest BCUT2D eigenvalue weighted by molar-refractivity contribution is -0.289. The summed E-state index contributed by atoms with van der Waals surface area (Å²) in [4.78, 5) is 24.4. The molecule has 11 heteroatoms. The van der Waals surface area contributed by atoms with Crippen molar-refractivity contribution in [3.63, 3.8) is 0 Å². The zero-order valence-corrected chi connectivity index (χ0v) is 17.7. The van der Waals surface area contributed by atoms with E-state index in [2.05, 4.69) is 5.32 Å². The highest BCUT2D eigenvalue weighted by molar-refractivity contribution is 7.12. The summed E-state index contributed by atoms with van der Waals surface area (Å²) in [6.45, 7) is 2.94. The molecule has 0 saturated carbocycles. The van der Waals surface area contributed by atoms with Crippen LogP contribution in [0.1, 0.15) is 45.8 Å². The van der Waals surface area contributed by atoms with E-state index in [-0.39, 0.29) is 22.5 Å². The van der Waals surface area contributed by atoms with Gasteiger partial charge in [0.1, 0.15) is 0 Å². The SMILES string of the molecule is COC(CC(C)C(N)=O)c1ccsc1C(=O)Nc1ccc(C(F)(F)C(F)(F)F)cc1C. The van der Waals surface area contributed by atoms with E-state index in [4.69, 9.17) is 10.5 Å². The molecule has 0 aliphatic rings. The number of rotatable bonds is 8. The number of methoxy groups -OCH3 is 1. The maximum atomic E-state index is 13.5. The van der Waals surface area contributed by atoms with Gasteiger partial charge in [-0.2, -0.15) is 22.0 Å². The summed E-state index contributed by atoms with van der Waals surface area (Å²) in [6.07, 6.45) is -6.08. The van der Waals surface area contributed by atoms with Crippen LogP contribution in [0.4, 0.5) is 27.6 Å². The largest absolute Gasteiger partial charge is 0.458 e. The Morgan fingerprint density at radius 3 is 2.35 bits per heavy atom. The summed E-state index contributed by atoms with van der Waals surface area (Å²) >= 11 is 1.10. The Kier molecular flexibility index (Phi) is 7.43. The van der Waals surface area contributed by atoms with Gasteiger partial charge in [0.2, 0.25) is 5.91 Å². The minimum absolute atomic E-state index is 0.0403. The Labute approximate surface area is 179 Å². The van der Waals surface area contributed by atoms with E-state index in [0.717, 1.165) is 17.4 Å². The molecule has 2 rings (SSSR count). The number of amides is 2. The highest BCUT2D eigenvalue weighted by Crippen LogP contribution is 2.44. The fourth-order valence-electron chi connectivity index (χ4n) is 2.89. The molecule has 3 N–H and O–H groups in total. The fraction of sp³-hybridized carbons (Fsp3) is 0.400. The van der Waals surface area contributed by atoms with Crippen molar-refractivity contribution >= 4 is 28.8 Å². The molecule has 1 aromatic carbocycles. The van der Waals surface area contributed by atoms with Crippen LogP contribution in [-0.2, 0) is 15.5 Å². The number of benzene rings is 1. The third kappa shape index (κ3) is 5.40. The molecule has 1 aromatic heterocycles. The number of nitrogens with two attached hydrogens (primary N) is 1. The first kappa shape index (κ1) is 24.7. The Morgan fingerprint density at radius 1 is 1.19 bits per heavy atom. The zero-order chi connectivity index (χ0) is 23.6. The molecule has 31 heavy (non-hydrogen) atoms. The molecule has 0 aliphatic carbocycles. The number of carbonyl (C=O) groups excluding carboxylic acids is 2. The second kappa shape index (κ2) is 9.31. The molecule has 0 radical (unpaired) electrons. The van der Waals surface area contributed by atoms with Crippen LogP contribution in [-0.4, -0.2) is 25.1 Å². The number of thiophene rings is 1. The molecule has 2 unspecified atom stereocenters. The van der Waals surface area contributed by atoms with Gasteiger partial charge in [0, 0.05) is 29.8 Å². The van der Waals surface area contributed by atoms with E-state index in [1.165, 1.54) is 14.0 Å². The Hall–Kier alpha value is -2.53. The number of alkyl halides is 5. The molecule has 0 aliphatic heterocycles. The topological polar surface area (TPSA) is 81.4 Å². The molecule has 0 spiro atoms. The average Bonchev–Trinajstić information content (AvgIpc) is 3.16. The smallest absolute Gasteiger partial charge is 0.377 e. The molecule has 0 fully saturated rings. The molecular weight excluding hydrogens is 443 g/mol. The van der Waals surface area contributed by atoms with E-state index in [9.17, 15) is 31.5 Å². The first-order valence-corrected chi connectivity index (χ1v) is 9.94. The molecule has 0 saturated heterocycles. The van der Waals surface area contributed by atoms with Gasteiger partial charge in [0.25, 0.3) is 5.91 Å². The van der Waals surface area contributed by atoms with Crippen LogP contribution in [0.5, 0.6) is 0 Å². The van der Waals surface area contributed by atoms with Crippen molar-refractivity contribution < 1.29 is 36.3 Å². The van der Waals surface area contributed by atoms with Gasteiger partial charge >= 0.3 is 12.1 Å². The highest BCUT2D eigenvalue weighted by atomic mass is 32.1. The van der Waals surface area contributed by atoms with Gasteiger partial charge in [-0.3, -0.25) is 9.59 Å². The van der Waals surface area contributed by atoms with Gasteiger partial charge in [-0.1, -0.05) is 13.0 Å². The molecule has 2 aromatic rings. The van der Waals surface area contributed by atoms with Gasteiger partial charge < -0.3 is 15.8 Å². The number of hydrogen-bond donors (Lipinski definition) is 2. The number of halogens is 5. The summed E-state index contributed by atoms with van der Waals surface area (Å²) in [5, 5.41) is 4.17. The van der Waals surface area contributed by atoms with E-state index >= 15 is 0 Å². The van der Waals surface area contributed by atoms with Crippen molar-refractivity contribution in [1.29, 1.82) is 0 Å². The monoisotopic (exact) mass is 464 g/mol. The van der Waals surface area contributed by atoms with Gasteiger partial charge in [-0.05, 0) is 42.5 Å².